The van der Waals surface area contributed by atoms with Gasteiger partial charge in [-0.25, -0.2) is 4.98 Å². The number of rotatable bonds is 5. The number of aromatic nitrogens is 2. The summed E-state index contributed by atoms with van der Waals surface area (Å²) in [5, 5.41) is 1.08. The number of nitrogens with one attached hydrogen (secondary N) is 1. The number of hydrogen-bond donors (Lipinski definition) is 2. The van der Waals surface area contributed by atoms with E-state index in [4.69, 9.17) is 10.5 Å². The van der Waals surface area contributed by atoms with E-state index in [2.05, 4.69) is 16.0 Å². The smallest absolute Gasteiger partial charge is 0.246 e. The van der Waals surface area contributed by atoms with Crippen molar-refractivity contribution in [3.05, 3.63) is 59.9 Å². The number of pyridine rings is 1. The Morgan fingerprint density at radius 3 is 2.81 bits per heavy atom. The molecule has 1 aromatic carbocycles. The number of nitrogens with zero attached hydrogens (tertiary/aromatic N) is 2. The maximum Gasteiger partial charge on any atom is 0.246 e. The molecule has 6 heteroatoms. The number of benzene rings is 1. The quantitative estimate of drug-likeness (QED) is 0.691. The number of methoxy groups -OCH3 is 1. The topological polar surface area (TPSA) is 84.2 Å². The third kappa shape index (κ3) is 3.69. The fourth-order valence-electron chi connectivity index (χ4n) is 2.68. The molecule has 3 aromatic rings. The van der Waals surface area contributed by atoms with Gasteiger partial charge in [-0.3, -0.25) is 4.79 Å². The van der Waals surface area contributed by atoms with Crippen molar-refractivity contribution in [2.75, 3.05) is 19.9 Å². The highest BCUT2D eigenvalue weighted by Crippen LogP contribution is 2.26. The number of ether oxygens (including phenoxy) is 1. The van der Waals surface area contributed by atoms with Crippen LogP contribution < -0.4 is 10.5 Å². The predicted octanol–water partition coefficient (Wildman–Crippen LogP) is 3.39. The molecule has 0 aliphatic carbocycles. The summed E-state index contributed by atoms with van der Waals surface area (Å²) in [6, 6.07) is 11.3. The highest BCUT2D eigenvalue weighted by molar-refractivity contribution is 5.92. The monoisotopic (exact) mass is 350 g/mol. The van der Waals surface area contributed by atoms with Crippen LogP contribution in [0.25, 0.3) is 17.0 Å². The Morgan fingerprint density at radius 2 is 2.12 bits per heavy atom. The number of fused-ring (bicyclic) bond motifs is 1. The molecule has 0 spiro atoms. The van der Waals surface area contributed by atoms with E-state index in [1.807, 2.05) is 31.2 Å². The van der Waals surface area contributed by atoms with Crippen LogP contribution in [0.5, 0.6) is 5.75 Å². The van der Waals surface area contributed by atoms with Crippen molar-refractivity contribution >= 4 is 28.7 Å². The number of aromatic amines is 1. The van der Waals surface area contributed by atoms with Gasteiger partial charge in [0.25, 0.3) is 0 Å². The third-order valence-corrected chi connectivity index (χ3v) is 4.46. The molecule has 0 radical (unpaired) electrons. The van der Waals surface area contributed by atoms with Gasteiger partial charge in [0.15, 0.2) is 0 Å². The van der Waals surface area contributed by atoms with Crippen LogP contribution >= 0.6 is 0 Å². The maximum absolute atomic E-state index is 12.5. The minimum absolute atomic E-state index is 0.0921. The molecule has 1 unspecified atom stereocenters. The molecule has 1 amide bonds. The number of H-pyrrole nitrogens is 1. The highest BCUT2D eigenvalue weighted by atomic mass is 16.5. The number of anilines is 1. The molecule has 0 saturated heterocycles. The van der Waals surface area contributed by atoms with Gasteiger partial charge in [0, 0.05) is 36.6 Å². The Morgan fingerprint density at radius 1 is 1.31 bits per heavy atom. The Labute approximate surface area is 152 Å². The second-order valence-corrected chi connectivity index (χ2v) is 6.15. The summed E-state index contributed by atoms with van der Waals surface area (Å²) < 4.78 is 5.25. The van der Waals surface area contributed by atoms with Crippen LogP contribution in [0.1, 0.15) is 24.2 Å². The van der Waals surface area contributed by atoms with Crippen LogP contribution in [0.4, 0.5) is 5.82 Å². The van der Waals surface area contributed by atoms with Gasteiger partial charge in [0.05, 0.1) is 13.2 Å². The first kappa shape index (κ1) is 17.5. The number of nitrogens with two attached hydrogens (primary N) is 1. The maximum atomic E-state index is 12.5. The van der Waals surface area contributed by atoms with E-state index in [1.54, 1.807) is 37.4 Å². The van der Waals surface area contributed by atoms with Crippen LogP contribution in [-0.2, 0) is 4.79 Å². The average Bonchev–Trinajstić information content (AvgIpc) is 3.09. The molecule has 2 heterocycles. The fourth-order valence-corrected chi connectivity index (χ4v) is 2.68. The number of likely N-dealkylation sites (N-methyl/N-ethyl adjacent to an activating group) is 1. The molecule has 2 aromatic heterocycles. The summed E-state index contributed by atoms with van der Waals surface area (Å²) in [7, 11) is 3.42. The first-order chi connectivity index (χ1) is 12.5. The minimum Gasteiger partial charge on any atom is -0.497 e. The second-order valence-electron chi connectivity index (χ2n) is 6.15. The van der Waals surface area contributed by atoms with E-state index in [9.17, 15) is 4.79 Å². The SMILES string of the molecule is COc1ccc2cc(C(C)N(C)C(=O)C=Cc3ccc(N)nc3)[nH]c2c1. The summed E-state index contributed by atoms with van der Waals surface area (Å²) in [5.74, 6) is 1.16. The molecule has 3 N–H and O–H groups in total. The van der Waals surface area contributed by atoms with E-state index in [1.165, 1.54) is 6.08 Å². The lowest BCUT2D eigenvalue weighted by atomic mass is 10.2. The predicted molar refractivity (Wildman–Crippen MR) is 104 cm³/mol. The second kappa shape index (κ2) is 7.31. The Balaban J connectivity index is 1.74. The first-order valence-corrected chi connectivity index (χ1v) is 8.31. The molecule has 1 atom stereocenters. The zero-order chi connectivity index (χ0) is 18.7. The molecular weight excluding hydrogens is 328 g/mol. The van der Waals surface area contributed by atoms with Gasteiger partial charge in [-0.05, 0) is 54.3 Å². The Bertz CT molecular complexity index is 944. The van der Waals surface area contributed by atoms with Crippen molar-refractivity contribution < 1.29 is 9.53 Å². The normalized spacial score (nSPS) is 12.4. The lowest BCUT2D eigenvalue weighted by molar-refractivity contribution is -0.126. The fraction of sp³-hybridized carbons (Fsp3) is 0.200. The lowest BCUT2D eigenvalue weighted by Crippen LogP contribution is -2.28. The summed E-state index contributed by atoms with van der Waals surface area (Å²) in [6.45, 7) is 1.98. The molecule has 26 heavy (non-hydrogen) atoms. The number of hydrogen-bond acceptors (Lipinski definition) is 4. The molecule has 0 aliphatic rings. The summed E-state index contributed by atoms with van der Waals surface area (Å²) in [4.78, 5) is 21.5. The van der Waals surface area contributed by atoms with Crippen molar-refractivity contribution in [3.8, 4) is 5.75 Å². The van der Waals surface area contributed by atoms with E-state index in [0.717, 1.165) is 27.9 Å². The number of nitrogen functional groups attached to an aromatic ring is 1. The molecule has 0 bridgehead atoms. The van der Waals surface area contributed by atoms with Crippen LogP contribution in [-0.4, -0.2) is 34.9 Å². The van der Waals surface area contributed by atoms with Gasteiger partial charge in [0.2, 0.25) is 5.91 Å². The third-order valence-electron chi connectivity index (χ3n) is 4.46. The lowest BCUT2D eigenvalue weighted by Gasteiger charge is -2.22. The zero-order valence-corrected chi connectivity index (χ0v) is 15.1. The van der Waals surface area contributed by atoms with E-state index < -0.39 is 0 Å². The van der Waals surface area contributed by atoms with Crippen molar-refractivity contribution in [2.24, 2.45) is 0 Å². The molecular formula is C20H22N4O2. The van der Waals surface area contributed by atoms with Gasteiger partial charge < -0.3 is 20.4 Å². The van der Waals surface area contributed by atoms with Crippen LogP contribution in [0.3, 0.4) is 0 Å². The first-order valence-electron chi connectivity index (χ1n) is 8.31. The molecule has 0 fully saturated rings. The molecule has 0 saturated carbocycles. The van der Waals surface area contributed by atoms with E-state index in [-0.39, 0.29) is 11.9 Å². The molecule has 6 nitrogen and oxygen atoms in total. The van der Waals surface area contributed by atoms with Crippen molar-refractivity contribution in [1.29, 1.82) is 0 Å². The van der Waals surface area contributed by atoms with Crippen LogP contribution in [0.2, 0.25) is 0 Å². The standard InChI is InChI=1S/C20H22N4O2/c1-13(17-10-15-6-7-16(26-3)11-18(15)23-17)24(2)20(25)9-5-14-4-8-19(21)22-12-14/h4-13,23H,1-3H3,(H2,21,22). The summed E-state index contributed by atoms with van der Waals surface area (Å²) in [6.07, 6.45) is 4.90. The largest absolute Gasteiger partial charge is 0.497 e. The van der Waals surface area contributed by atoms with Gasteiger partial charge >= 0.3 is 0 Å². The van der Waals surface area contributed by atoms with Crippen molar-refractivity contribution in [1.82, 2.24) is 14.9 Å². The number of carbonyl (C=O) groups excluding carboxylic acids is 1. The van der Waals surface area contributed by atoms with Gasteiger partial charge in [-0.15, -0.1) is 0 Å². The number of amides is 1. The number of carbonyl (C=O) groups is 1. The minimum atomic E-state index is -0.102. The molecule has 3 rings (SSSR count). The van der Waals surface area contributed by atoms with E-state index >= 15 is 0 Å². The molecule has 0 aliphatic heterocycles. The zero-order valence-electron chi connectivity index (χ0n) is 15.1. The van der Waals surface area contributed by atoms with Crippen LogP contribution in [0.15, 0.2) is 48.7 Å². The summed E-state index contributed by atoms with van der Waals surface area (Å²) in [5.41, 5.74) is 8.34. The van der Waals surface area contributed by atoms with E-state index in [0.29, 0.717) is 5.82 Å². The summed E-state index contributed by atoms with van der Waals surface area (Å²) >= 11 is 0. The highest BCUT2D eigenvalue weighted by Gasteiger charge is 2.17. The Kier molecular flexibility index (Phi) is 4.93. The van der Waals surface area contributed by atoms with Gasteiger partial charge in [-0.1, -0.05) is 0 Å². The van der Waals surface area contributed by atoms with Gasteiger partial charge in [0.1, 0.15) is 11.6 Å². The Hall–Kier alpha value is -3.28. The van der Waals surface area contributed by atoms with Crippen molar-refractivity contribution in [3.63, 3.8) is 0 Å². The van der Waals surface area contributed by atoms with Gasteiger partial charge in [-0.2, -0.15) is 0 Å². The van der Waals surface area contributed by atoms with Crippen LogP contribution in [0, 0.1) is 0 Å². The average molecular weight is 350 g/mol. The van der Waals surface area contributed by atoms with Crippen molar-refractivity contribution in [2.45, 2.75) is 13.0 Å². The molecule has 134 valence electrons.